The van der Waals surface area contributed by atoms with Crippen molar-refractivity contribution < 1.29 is 28.6 Å². The molecule has 3 amide bonds. The summed E-state index contributed by atoms with van der Waals surface area (Å²) in [6.07, 6.45) is 1.25. The van der Waals surface area contributed by atoms with Gasteiger partial charge in [-0.3, -0.25) is 9.59 Å². The third kappa shape index (κ3) is 6.96. The van der Waals surface area contributed by atoms with E-state index in [-0.39, 0.29) is 30.0 Å². The smallest absolute Gasteiger partial charge is 0.410 e. The average molecular weight is 583 g/mol. The number of fused-ring (bicyclic) bond motifs is 1. The molecule has 2 aliphatic rings. The minimum atomic E-state index is -0.614. The number of hydrogen-bond acceptors (Lipinski definition) is 6. The Labute approximate surface area is 228 Å². The van der Waals surface area contributed by atoms with E-state index in [1.54, 1.807) is 36.0 Å². The van der Waals surface area contributed by atoms with Crippen LogP contribution in [0.4, 0.5) is 10.5 Å². The monoisotopic (exact) mass is 581 g/mol. The van der Waals surface area contributed by atoms with Gasteiger partial charge in [-0.2, -0.15) is 0 Å². The zero-order valence-corrected chi connectivity index (χ0v) is 24.6. The quantitative estimate of drug-likeness (QED) is 0.428. The van der Waals surface area contributed by atoms with E-state index in [9.17, 15) is 14.4 Å². The lowest BCUT2D eigenvalue weighted by Crippen LogP contribution is -2.54. The van der Waals surface area contributed by atoms with Gasteiger partial charge in [0.2, 0.25) is 0 Å². The summed E-state index contributed by atoms with van der Waals surface area (Å²) in [7, 11) is 1.63. The van der Waals surface area contributed by atoms with Crippen molar-refractivity contribution in [2.75, 3.05) is 38.3 Å². The van der Waals surface area contributed by atoms with Gasteiger partial charge in [0.25, 0.3) is 11.8 Å². The van der Waals surface area contributed by atoms with E-state index in [0.29, 0.717) is 54.1 Å². The molecule has 0 bridgehead atoms. The zero-order valence-electron chi connectivity index (χ0n) is 23.0. The van der Waals surface area contributed by atoms with Crippen molar-refractivity contribution in [3.05, 3.63) is 22.2 Å². The van der Waals surface area contributed by atoms with Crippen LogP contribution in [0.2, 0.25) is 0 Å². The predicted molar refractivity (Wildman–Crippen MR) is 145 cm³/mol. The predicted octanol–water partition coefficient (Wildman–Crippen LogP) is 4.85. The number of ether oxygens (including phenoxy) is 3. The van der Waals surface area contributed by atoms with Gasteiger partial charge in [-0.05, 0) is 88.9 Å². The number of nitrogens with zero attached hydrogens (tertiary/aromatic N) is 3. The molecule has 0 N–H and O–H groups in total. The Bertz CT molecular complexity index is 1010. The van der Waals surface area contributed by atoms with Gasteiger partial charge in [-0.15, -0.1) is 0 Å². The molecule has 10 heteroatoms. The fourth-order valence-electron chi connectivity index (χ4n) is 4.82. The van der Waals surface area contributed by atoms with Crippen LogP contribution in [0.1, 0.15) is 71.2 Å². The van der Waals surface area contributed by atoms with Gasteiger partial charge in [-0.25, -0.2) is 4.79 Å². The lowest BCUT2D eigenvalue weighted by molar-refractivity contribution is -0.125. The first-order chi connectivity index (χ1) is 17.3. The van der Waals surface area contributed by atoms with E-state index < -0.39 is 11.7 Å². The van der Waals surface area contributed by atoms with E-state index in [4.69, 9.17) is 14.2 Å². The Morgan fingerprint density at radius 2 is 1.97 bits per heavy atom. The van der Waals surface area contributed by atoms with Crippen LogP contribution in [-0.4, -0.2) is 84.8 Å². The Kier molecular flexibility index (Phi) is 9.50. The number of piperidine rings is 1. The molecule has 0 aliphatic carbocycles. The lowest BCUT2D eigenvalue weighted by atomic mass is 10.0. The molecular weight excluding hydrogens is 542 g/mol. The molecular formula is C27H40BrN3O6. The highest BCUT2D eigenvalue weighted by atomic mass is 79.9. The Morgan fingerprint density at radius 3 is 2.59 bits per heavy atom. The van der Waals surface area contributed by atoms with E-state index >= 15 is 0 Å². The van der Waals surface area contributed by atoms with Crippen molar-refractivity contribution in [2.45, 2.75) is 84.6 Å². The summed E-state index contributed by atoms with van der Waals surface area (Å²) in [4.78, 5) is 44.9. The van der Waals surface area contributed by atoms with E-state index in [1.165, 1.54) is 0 Å². The molecule has 2 heterocycles. The molecule has 1 aromatic carbocycles. The largest absolute Gasteiger partial charge is 0.479 e. The summed E-state index contributed by atoms with van der Waals surface area (Å²) < 4.78 is 17.2. The second-order valence-corrected chi connectivity index (χ2v) is 11.8. The minimum Gasteiger partial charge on any atom is -0.479 e. The molecule has 0 aromatic heterocycles. The summed E-state index contributed by atoms with van der Waals surface area (Å²) in [6.45, 7) is 13.2. The molecule has 2 aliphatic heterocycles. The van der Waals surface area contributed by atoms with Gasteiger partial charge in [0.05, 0.1) is 17.3 Å². The van der Waals surface area contributed by atoms with Crippen LogP contribution in [0, 0.1) is 0 Å². The summed E-state index contributed by atoms with van der Waals surface area (Å²) in [5.74, 6) is 0.242. The molecule has 9 nitrogen and oxygen atoms in total. The third-order valence-corrected chi connectivity index (χ3v) is 7.11. The van der Waals surface area contributed by atoms with Gasteiger partial charge < -0.3 is 28.9 Å². The molecule has 1 fully saturated rings. The number of carbonyl (C=O) groups is 3. The molecule has 0 saturated carbocycles. The summed E-state index contributed by atoms with van der Waals surface area (Å²) in [6, 6.07) is 3.24. The van der Waals surface area contributed by atoms with E-state index in [0.717, 1.165) is 12.8 Å². The molecule has 0 radical (unpaired) electrons. The second kappa shape index (κ2) is 12.0. The Balaban J connectivity index is 1.90. The number of anilines is 1. The number of halogens is 1. The number of carbonyl (C=O) groups excluding carboxylic acids is 3. The highest BCUT2D eigenvalue weighted by Gasteiger charge is 2.37. The van der Waals surface area contributed by atoms with E-state index in [2.05, 4.69) is 15.9 Å². The lowest BCUT2D eigenvalue weighted by Gasteiger charge is -2.42. The minimum absolute atomic E-state index is 0.102. The Hall–Kier alpha value is -2.33. The zero-order chi connectivity index (χ0) is 27.5. The summed E-state index contributed by atoms with van der Waals surface area (Å²) in [5.41, 5.74) is 0.440. The van der Waals surface area contributed by atoms with Crippen LogP contribution < -0.4 is 9.64 Å². The van der Waals surface area contributed by atoms with Crippen LogP contribution in [0.5, 0.6) is 5.75 Å². The average Bonchev–Trinajstić information content (AvgIpc) is 2.80. The topological polar surface area (TPSA) is 88.6 Å². The highest BCUT2D eigenvalue weighted by Crippen LogP contribution is 2.39. The standard InChI is InChI=1S/C27H40BrN3O6/c1-17(2)31(19-10-8-11-29(16-19)26(34)37-27(4,5)6)25(33)20-14-22-23(15-21(20)28)36-18(3)24(32)30(22)12-9-13-35-7/h14-15,17-19H,8-13,16H2,1-7H3/t18-,19-/m1/s1. The maximum absolute atomic E-state index is 14.0. The first-order valence-corrected chi connectivity index (χ1v) is 13.7. The summed E-state index contributed by atoms with van der Waals surface area (Å²) in [5, 5.41) is 0. The van der Waals surface area contributed by atoms with Crippen molar-refractivity contribution in [2.24, 2.45) is 0 Å². The molecule has 1 saturated heterocycles. The molecule has 2 atom stereocenters. The van der Waals surface area contributed by atoms with Gasteiger partial charge >= 0.3 is 6.09 Å². The van der Waals surface area contributed by atoms with Gasteiger partial charge in [0.15, 0.2) is 6.10 Å². The van der Waals surface area contributed by atoms with E-state index in [1.807, 2.05) is 39.5 Å². The van der Waals surface area contributed by atoms with Gasteiger partial charge in [-0.1, -0.05) is 0 Å². The molecule has 0 spiro atoms. The van der Waals surface area contributed by atoms with Crippen molar-refractivity contribution in [1.82, 2.24) is 9.80 Å². The number of benzene rings is 1. The molecule has 3 rings (SSSR count). The van der Waals surface area contributed by atoms with Crippen LogP contribution >= 0.6 is 15.9 Å². The first-order valence-electron chi connectivity index (χ1n) is 12.9. The molecule has 37 heavy (non-hydrogen) atoms. The van der Waals surface area contributed by atoms with Crippen molar-refractivity contribution >= 4 is 39.5 Å². The van der Waals surface area contributed by atoms with Crippen molar-refractivity contribution in [1.29, 1.82) is 0 Å². The molecule has 1 aromatic rings. The molecule has 206 valence electrons. The van der Waals surface area contributed by atoms with Crippen LogP contribution in [0.25, 0.3) is 0 Å². The number of methoxy groups -OCH3 is 1. The second-order valence-electron chi connectivity index (χ2n) is 10.9. The maximum atomic E-state index is 14.0. The van der Waals surface area contributed by atoms with Crippen LogP contribution in [0.3, 0.4) is 0 Å². The van der Waals surface area contributed by atoms with Crippen molar-refractivity contribution in [3.63, 3.8) is 0 Å². The van der Waals surface area contributed by atoms with Crippen LogP contribution in [-0.2, 0) is 14.3 Å². The normalized spacial score (nSPS) is 20.0. The summed E-state index contributed by atoms with van der Waals surface area (Å²) >= 11 is 3.57. The number of amides is 3. The van der Waals surface area contributed by atoms with Gasteiger partial charge in [0.1, 0.15) is 11.4 Å². The number of hydrogen-bond donors (Lipinski definition) is 0. The van der Waals surface area contributed by atoms with Crippen molar-refractivity contribution in [3.8, 4) is 5.75 Å². The fraction of sp³-hybridized carbons (Fsp3) is 0.667. The fourth-order valence-corrected chi connectivity index (χ4v) is 5.32. The number of likely N-dealkylation sites (tertiary alicyclic amines) is 1. The van der Waals surface area contributed by atoms with Crippen LogP contribution in [0.15, 0.2) is 16.6 Å². The highest BCUT2D eigenvalue weighted by molar-refractivity contribution is 9.10. The molecule has 0 unspecified atom stereocenters. The number of rotatable bonds is 7. The third-order valence-electron chi connectivity index (χ3n) is 6.45. The van der Waals surface area contributed by atoms with Gasteiger partial charge in [0, 0.05) is 43.9 Å². The maximum Gasteiger partial charge on any atom is 0.410 e. The Morgan fingerprint density at radius 1 is 1.27 bits per heavy atom. The first kappa shape index (κ1) is 29.2. The SMILES string of the molecule is COCCCN1C(=O)[C@@H](C)Oc2cc(Br)c(C(=O)N(C(C)C)[C@@H]3CCCN(C(=O)OC(C)(C)C)C3)cc21.